The van der Waals surface area contributed by atoms with Crippen molar-refractivity contribution in [3.05, 3.63) is 18.0 Å². The van der Waals surface area contributed by atoms with E-state index < -0.39 is 0 Å². The van der Waals surface area contributed by atoms with Crippen molar-refractivity contribution in [1.82, 2.24) is 9.97 Å². The minimum Gasteiger partial charge on any atom is -0.376 e. The van der Waals surface area contributed by atoms with Crippen LogP contribution >= 0.6 is 0 Å². The molecule has 0 radical (unpaired) electrons. The standard InChI is InChI=1S/C20H30N4O2/c1-4-10-26-13-19(25)21-17-11-15-16(12-18(17)24(2)3)23-20(22-15)14-8-6-5-7-9-14/h11-12,14H,4-10,13H2,1-3H3,(H,21,25)(H,22,23). The Kier molecular flexibility index (Phi) is 6.14. The normalized spacial score (nSPS) is 15.3. The molecule has 1 aromatic carbocycles. The van der Waals surface area contributed by atoms with Crippen LogP contribution in [-0.2, 0) is 9.53 Å². The monoisotopic (exact) mass is 358 g/mol. The number of carbonyl (C=O) groups excluding carboxylic acids is 1. The number of aromatic nitrogens is 2. The predicted octanol–water partition coefficient (Wildman–Crippen LogP) is 4.04. The van der Waals surface area contributed by atoms with E-state index in [1.165, 1.54) is 32.1 Å². The number of benzene rings is 1. The molecule has 26 heavy (non-hydrogen) atoms. The summed E-state index contributed by atoms with van der Waals surface area (Å²) in [5.74, 6) is 1.48. The van der Waals surface area contributed by atoms with E-state index in [2.05, 4.69) is 10.3 Å². The summed E-state index contributed by atoms with van der Waals surface area (Å²) < 4.78 is 5.34. The Balaban J connectivity index is 1.84. The molecule has 6 nitrogen and oxygen atoms in total. The van der Waals surface area contributed by atoms with Crippen LogP contribution in [0.4, 0.5) is 11.4 Å². The van der Waals surface area contributed by atoms with Gasteiger partial charge >= 0.3 is 0 Å². The van der Waals surface area contributed by atoms with E-state index in [1.807, 2.05) is 38.1 Å². The summed E-state index contributed by atoms with van der Waals surface area (Å²) in [6, 6.07) is 4.03. The van der Waals surface area contributed by atoms with Crippen molar-refractivity contribution in [2.75, 3.05) is 37.5 Å². The average Bonchev–Trinajstić information content (AvgIpc) is 3.05. The van der Waals surface area contributed by atoms with Crippen LogP contribution < -0.4 is 10.2 Å². The molecule has 1 amide bonds. The zero-order chi connectivity index (χ0) is 18.5. The highest BCUT2D eigenvalue weighted by molar-refractivity contribution is 5.98. The van der Waals surface area contributed by atoms with E-state index in [4.69, 9.17) is 9.72 Å². The van der Waals surface area contributed by atoms with E-state index in [-0.39, 0.29) is 12.5 Å². The summed E-state index contributed by atoms with van der Waals surface area (Å²) in [5, 5.41) is 2.98. The topological polar surface area (TPSA) is 70.2 Å². The second-order valence-corrected chi connectivity index (χ2v) is 7.34. The van der Waals surface area contributed by atoms with Gasteiger partial charge in [0.1, 0.15) is 12.4 Å². The third-order valence-corrected chi connectivity index (χ3v) is 4.95. The lowest BCUT2D eigenvalue weighted by atomic mass is 9.89. The second-order valence-electron chi connectivity index (χ2n) is 7.34. The highest BCUT2D eigenvalue weighted by Crippen LogP contribution is 2.34. The lowest BCUT2D eigenvalue weighted by molar-refractivity contribution is -0.120. The molecule has 3 rings (SSSR count). The van der Waals surface area contributed by atoms with Crippen LogP contribution in [0.25, 0.3) is 11.0 Å². The SMILES string of the molecule is CCCOCC(=O)Nc1cc2[nH]c(C3CCCCC3)nc2cc1N(C)C. The fourth-order valence-corrected chi connectivity index (χ4v) is 3.60. The average molecular weight is 358 g/mol. The molecular formula is C20H30N4O2. The van der Waals surface area contributed by atoms with E-state index in [9.17, 15) is 4.79 Å². The molecule has 2 aromatic rings. The largest absolute Gasteiger partial charge is 0.376 e. The lowest BCUT2D eigenvalue weighted by Gasteiger charge is -2.18. The van der Waals surface area contributed by atoms with Gasteiger partial charge in [0.15, 0.2) is 0 Å². The van der Waals surface area contributed by atoms with Gasteiger partial charge in [0.25, 0.3) is 0 Å². The molecule has 1 saturated carbocycles. The Morgan fingerprint density at radius 2 is 2.08 bits per heavy atom. The number of aromatic amines is 1. The Hall–Kier alpha value is -2.08. The number of nitrogens with zero attached hydrogens (tertiary/aromatic N) is 2. The molecule has 1 fully saturated rings. The van der Waals surface area contributed by atoms with Gasteiger partial charge in [0.05, 0.1) is 22.4 Å². The fourth-order valence-electron chi connectivity index (χ4n) is 3.60. The summed E-state index contributed by atoms with van der Waals surface area (Å²) in [7, 11) is 3.94. The number of fused-ring (bicyclic) bond motifs is 1. The number of ether oxygens (including phenoxy) is 1. The van der Waals surface area contributed by atoms with Crippen LogP contribution in [0, 0.1) is 0 Å². The van der Waals surface area contributed by atoms with Gasteiger partial charge in [-0.15, -0.1) is 0 Å². The first kappa shape index (κ1) is 18.7. The van der Waals surface area contributed by atoms with Crippen molar-refractivity contribution in [3.63, 3.8) is 0 Å². The minimum absolute atomic E-state index is 0.0784. The summed E-state index contributed by atoms with van der Waals surface area (Å²) in [6.07, 6.45) is 7.21. The maximum absolute atomic E-state index is 12.2. The summed E-state index contributed by atoms with van der Waals surface area (Å²) in [4.78, 5) is 22.5. The van der Waals surface area contributed by atoms with E-state index in [1.54, 1.807) is 0 Å². The quantitative estimate of drug-likeness (QED) is 0.733. The van der Waals surface area contributed by atoms with Crippen molar-refractivity contribution in [1.29, 1.82) is 0 Å². The van der Waals surface area contributed by atoms with Crippen molar-refractivity contribution in [3.8, 4) is 0 Å². The van der Waals surface area contributed by atoms with Crippen molar-refractivity contribution < 1.29 is 9.53 Å². The molecule has 1 aliphatic rings. The molecule has 1 heterocycles. The number of imidazole rings is 1. The Bertz CT molecular complexity index is 748. The van der Waals surface area contributed by atoms with Crippen LogP contribution in [-0.4, -0.2) is 43.2 Å². The third-order valence-electron chi connectivity index (χ3n) is 4.95. The maximum Gasteiger partial charge on any atom is 0.250 e. The van der Waals surface area contributed by atoms with Crippen molar-refractivity contribution >= 4 is 28.3 Å². The Morgan fingerprint density at radius 3 is 2.77 bits per heavy atom. The number of H-pyrrole nitrogens is 1. The van der Waals surface area contributed by atoms with Gasteiger partial charge in [-0.05, 0) is 31.4 Å². The fraction of sp³-hybridized carbons (Fsp3) is 0.600. The maximum atomic E-state index is 12.2. The predicted molar refractivity (Wildman–Crippen MR) is 106 cm³/mol. The first-order valence-electron chi connectivity index (χ1n) is 9.67. The molecule has 142 valence electrons. The van der Waals surface area contributed by atoms with Crippen LogP contribution in [0.3, 0.4) is 0 Å². The molecule has 0 spiro atoms. The van der Waals surface area contributed by atoms with E-state index in [0.717, 1.165) is 34.7 Å². The van der Waals surface area contributed by atoms with Gasteiger partial charge in [-0.1, -0.05) is 26.2 Å². The van der Waals surface area contributed by atoms with Crippen LogP contribution in [0.1, 0.15) is 57.2 Å². The lowest BCUT2D eigenvalue weighted by Crippen LogP contribution is -2.21. The molecule has 6 heteroatoms. The number of hydrogen-bond donors (Lipinski definition) is 2. The molecule has 0 bridgehead atoms. The summed E-state index contributed by atoms with van der Waals surface area (Å²) >= 11 is 0. The van der Waals surface area contributed by atoms with Crippen LogP contribution in [0.5, 0.6) is 0 Å². The van der Waals surface area contributed by atoms with Gasteiger partial charge in [0, 0.05) is 26.6 Å². The highest BCUT2D eigenvalue weighted by Gasteiger charge is 2.20. The van der Waals surface area contributed by atoms with Crippen molar-refractivity contribution in [2.24, 2.45) is 0 Å². The number of amides is 1. The Morgan fingerprint density at radius 1 is 1.31 bits per heavy atom. The zero-order valence-electron chi connectivity index (χ0n) is 16.1. The molecule has 1 aliphatic carbocycles. The van der Waals surface area contributed by atoms with Crippen LogP contribution in [0.2, 0.25) is 0 Å². The molecular weight excluding hydrogens is 328 g/mol. The molecule has 0 unspecified atom stereocenters. The second kappa shape index (κ2) is 8.54. The molecule has 0 aliphatic heterocycles. The van der Waals surface area contributed by atoms with Crippen molar-refractivity contribution in [2.45, 2.75) is 51.4 Å². The highest BCUT2D eigenvalue weighted by atomic mass is 16.5. The number of rotatable bonds is 7. The number of anilines is 2. The number of carbonyl (C=O) groups is 1. The third kappa shape index (κ3) is 4.36. The molecule has 2 N–H and O–H groups in total. The van der Waals surface area contributed by atoms with Gasteiger partial charge in [-0.2, -0.15) is 0 Å². The minimum atomic E-state index is -0.132. The summed E-state index contributed by atoms with van der Waals surface area (Å²) in [6.45, 7) is 2.70. The first-order chi connectivity index (χ1) is 12.6. The molecule has 0 atom stereocenters. The number of nitrogens with one attached hydrogen (secondary N) is 2. The van der Waals surface area contributed by atoms with Gasteiger partial charge in [-0.3, -0.25) is 4.79 Å². The number of hydrogen-bond acceptors (Lipinski definition) is 4. The van der Waals surface area contributed by atoms with Gasteiger partial charge in [-0.25, -0.2) is 4.98 Å². The van der Waals surface area contributed by atoms with E-state index >= 15 is 0 Å². The van der Waals surface area contributed by atoms with Gasteiger partial charge < -0.3 is 19.9 Å². The Labute approximate surface area is 155 Å². The molecule has 0 saturated heterocycles. The smallest absolute Gasteiger partial charge is 0.250 e. The van der Waals surface area contributed by atoms with Gasteiger partial charge in [0.2, 0.25) is 5.91 Å². The van der Waals surface area contributed by atoms with E-state index in [0.29, 0.717) is 12.5 Å². The zero-order valence-corrected chi connectivity index (χ0v) is 16.1. The first-order valence-corrected chi connectivity index (χ1v) is 9.67. The molecule has 1 aromatic heterocycles. The van der Waals surface area contributed by atoms with Crippen LogP contribution in [0.15, 0.2) is 12.1 Å². The summed E-state index contributed by atoms with van der Waals surface area (Å²) in [5.41, 5.74) is 3.66.